The number of aromatic hydroxyl groups is 7. The van der Waals surface area contributed by atoms with Gasteiger partial charge in [0.1, 0.15) is 11.0 Å². The van der Waals surface area contributed by atoms with Gasteiger partial charge in [-0.1, -0.05) is 18.2 Å². The van der Waals surface area contributed by atoms with Crippen LogP contribution in [0.1, 0.15) is 0 Å². The second-order valence-corrected chi connectivity index (χ2v) is 6.67. The molecule has 7 N–H and O–H groups in total. The third kappa shape index (κ3) is 2.02. The summed E-state index contributed by atoms with van der Waals surface area (Å²) in [6.07, 6.45) is 0. The second kappa shape index (κ2) is 5.52. The highest BCUT2D eigenvalue weighted by Crippen LogP contribution is 2.57. The Balaban J connectivity index is 2.45. The maximum Gasteiger partial charge on any atom is 0.206 e. The lowest BCUT2D eigenvalue weighted by molar-refractivity contribution is 0.350. The molecule has 0 amide bonds. The van der Waals surface area contributed by atoms with Gasteiger partial charge in [0.15, 0.2) is 23.0 Å². The largest absolute Gasteiger partial charge is 0.504 e. The zero-order valence-electron chi connectivity index (χ0n) is 13.3. The normalized spacial score (nSPS) is 11.4. The Kier molecular flexibility index (Phi) is 3.47. The summed E-state index contributed by atoms with van der Waals surface area (Å²) in [5.74, 6) is -5.69. The quantitative estimate of drug-likeness (QED) is 0.179. The Morgan fingerprint density at radius 3 is 1.63 bits per heavy atom. The van der Waals surface area contributed by atoms with Crippen molar-refractivity contribution in [2.24, 2.45) is 0 Å². The van der Waals surface area contributed by atoms with E-state index in [-0.39, 0.29) is 26.3 Å². The van der Waals surface area contributed by atoms with Crippen molar-refractivity contribution in [1.82, 2.24) is 4.57 Å². The predicted molar refractivity (Wildman–Crippen MR) is 100 cm³/mol. The lowest BCUT2D eigenvalue weighted by Crippen LogP contribution is -1.94. The molecule has 0 unspecified atom stereocenters. The molecule has 4 aromatic rings. The Labute approximate surface area is 159 Å². The molecule has 4 rings (SSSR count). The molecule has 1 aromatic heterocycles. The van der Waals surface area contributed by atoms with E-state index >= 15 is 0 Å². The smallest absolute Gasteiger partial charge is 0.206 e. The number of benzene rings is 3. The molecule has 0 fully saturated rings. The number of nitrogens with zero attached hydrogens (tertiary/aromatic N) is 1. The van der Waals surface area contributed by atoms with Gasteiger partial charge in [0.25, 0.3) is 0 Å². The summed E-state index contributed by atoms with van der Waals surface area (Å²) < 4.78 is 1.19. The summed E-state index contributed by atoms with van der Waals surface area (Å²) in [4.78, 5) is 0. The molecular weight excluding hydrogens is 422 g/mol. The van der Waals surface area contributed by atoms with E-state index in [0.29, 0.717) is 5.69 Å². The maximum atomic E-state index is 10.5. The van der Waals surface area contributed by atoms with Crippen LogP contribution in [0.4, 0.5) is 0 Å². The van der Waals surface area contributed by atoms with Crippen molar-refractivity contribution < 1.29 is 35.7 Å². The molecule has 27 heavy (non-hydrogen) atoms. The van der Waals surface area contributed by atoms with Crippen molar-refractivity contribution in [2.45, 2.75) is 0 Å². The molecule has 1 heterocycles. The van der Waals surface area contributed by atoms with Gasteiger partial charge in [0.05, 0.1) is 9.86 Å². The highest BCUT2D eigenvalue weighted by Gasteiger charge is 2.31. The van der Waals surface area contributed by atoms with Gasteiger partial charge >= 0.3 is 0 Å². The van der Waals surface area contributed by atoms with E-state index < -0.39 is 40.2 Å². The summed E-state index contributed by atoms with van der Waals surface area (Å²) >= 11 is 3.10. The molecule has 0 bridgehead atoms. The average molecular weight is 434 g/mol. The van der Waals surface area contributed by atoms with Crippen LogP contribution in [-0.4, -0.2) is 40.3 Å². The van der Waals surface area contributed by atoms with Crippen molar-refractivity contribution >= 4 is 37.7 Å². The number of aromatic nitrogens is 1. The third-order valence-corrected chi connectivity index (χ3v) is 5.19. The molecule has 0 spiro atoms. The monoisotopic (exact) mass is 433 g/mol. The first-order valence-corrected chi connectivity index (χ1v) is 8.38. The highest BCUT2D eigenvalue weighted by molar-refractivity contribution is 9.10. The van der Waals surface area contributed by atoms with E-state index in [9.17, 15) is 35.7 Å². The topological polar surface area (TPSA) is 147 Å². The summed E-state index contributed by atoms with van der Waals surface area (Å²) in [6.45, 7) is 0. The molecule has 0 atom stereocenters. The molecule has 0 aliphatic carbocycles. The lowest BCUT2D eigenvalue weighted by Gasteiger charge is -2.12. The molecule has 0 aliphatic heterocycles. The second-order valence-electron chi connectivity index (χ2n) is 5.87. The molecule has 3 aromatic carbocycles. The zero-order chi connectivity index (χ0) is 19.6. The number of rotatable bonds is 1. The van der Waals surface area contributed by atoms with Crippen LogP contribution < -0.4 is 0 Å². The van der Waals surface area contributed by atoms with E-state index in [1.54, 1.807) is 30.3 Å². The number of fused-ring (bicyclic) bond motifs is 3. The summed E-state index contributed by atoms with van der Waals surface area (Å²) in [7, 11) is 0. The molecule has 9 heteroatoms. The van der Waals surface area contributed by atoms with E-state index in [1.165, 1.54) is 4.57 Å². The first-order chi connectivity index (χ1) is 12.8. The van der Waals surface area contributed by atoms with Crippen molar-refractivity contribution in [3.8, 4) is 45.9 Å². The van der Waals surface area contributed by atoms with Crippen LogP contribution in [0.15, 0.2) is 34.8 Å². The number of hydrogen-bond donors (Lipinski definition) is 7. The highest BCUT2D eigenvalue weighted by atomic mass is 79.9. The van der Waals surface area contributed by atoms with E-state index in [4.69, 9.17) is 0 Å². The molecular formula is C18H12BrNO7. The molecule has 0 radical (unpaired) electrons. The average Bonchev–Trinajstić information content (AvgIpc) is 3.04. The van der Waals surface area contributed by atoms with Gasteiger partial charge in [-0.3, -0.25) is 0 Å². The first kappa shape index (κ1) is 17.0. The van der Waals surface area contributed by atoms with Crippen LogP contribution in [0.3, 0.4) is 0 Å². The van der Waals surface area contributed by atoms with Gasteiger partial charge in [0, 0.05) is 11.1 Å². The van der Waals surface area contributed by atoms with Gasteiger partial charge < -0.3 is 40.3 Å². The number of halogens is 1. The fourth-order valence-corrected chi connectivity index (χ4v) is 3.78. The predicted octanol–water partition coefficient (Wildman–Crippen LogP) is 3.49. The maximum absolute atomic E-state index is 10.5. The van der Waals surface area contributed by atoms with Gasteiger partial charge in [-0.15, -0.1) is 0 Å². The first-order valence-electron chi connectivity index (χ1n) is 7.59. The molecule has 0 saturated carbocycles. The Hall–Kier alpha value is -3.46. The number of phenolic OH excluding ortho intramolecular Hbond substituents is 7. The van der Waals surface area contributed by atoms with Crippen molar-refractivity contribution in [3.63, 3.8) is 0 Å². The van der Waals surface area contributed by atoms with Crippen LogP contribution >= 0.6 is 15.9 Å². The Morgan fingerprint density at radius 1 is 0.556 bits per heavy atom. The zero-order valence-corrected chi connectivity index (χ0v) is 14.9. The lowest BCUT2D eigenvalue weighted by atomic mass is 10.1. The third-order valence-electron chi connectivity index (χ3n) is 4.42. The van der Waals surface area contributed by atoms with Gasteiger partial charge in [-0.2, -0.15) is 0 Å². The van der Waals surface area contributed by atoms with E-state index in [2.05, 4.69) is 15.9 Å². The molecule has 0 aliphatic rings. The Bertz CT molecular complexity index is 1170. The van der Waals surface area contributed by atoms with Gasteiger partial charge in [-0.05, 0) is 28.1 Å². The van der Waals surface area contributed by atoms with Crippen LogP contribution in [0, 0.1) is 0 Å². The number of phenols is 7. The summed E-state index contributed by atoms with van der Waals surface area (Å²) in [6, 6.07) is 8.33. The SMILES string of the molecule is Oc1c(O)c(O)c2c(c1O)c1c(Br)c(O)c(O)c(O)c1n2-c1ccccc1. The number of hydrogen-bond acceptors (Lipinski definition) is 7. The van der Waals surface area contributed by atoms with Crippen LogP contribution in [0.5, 0.6) is 40.2 Å². The van der Waals surface area contributed by atoms with Gasteiger partial charge in [0.2, 0.25) is 17.2 Å². The van der Waals surface area contributed by atoms with Gasteiger partial charge in [-0.25, -0.2) is 0 Å². The minimum Gasteiger partial charge on any atom is -0.504 e. The van der Waals surface area contributed by atoms with Crippen LogP contribution in [0.2, 0.25) is 0 Å². The van der Waals surface area contributed by atoms with Crippen molar-refractivity contribution in [2.75, 3.05) is 0 Å². The van der Waals surface area contributed by atoms with Crippen LogP contribution in [-0.2, 0) is 0 Å². The standard InChI is InChI=1S/C18H12BrNO7/c19-9-7-8-11(15(24)18(27)16(25)12(8)21)20(6-4-2-1-3-5-6)10(7)14(23)17(26)13(9)22/h1-5,21-27H. The summed E-state index contributed by atoms with van der Waals surface area (Å²) in [5.41, 5.74) is 0.184. The minimum atomic E-state index is -0.967. The fourth-order valence-electron chi connectivity index (χ4n) is 3.20. The fraction of sp³-hybridized carbons (Fsp3) is 0. The number of para-hydroxylation sites is 1. The molecule has 8 nitrogen and oxygen atoms in total. The summed E-state index contributed by atoms with van der Waals surface area (Å²) in [5, 5.41) is 71.3. The molecule has 138 valence electrons. The van der Waals surface area contributed by atoms with E-state index in [0.717, 1.165) is 0 Å². The van der Waals surface area contributed by atoms with Crippen molar-refractivity contribution in [3.05, 3.63) is 34.8 Å². The van der Waals surface area contributed by atoms with Crippen LogP contribution in [0.25, 0.3) is 27.5 Å². The van der Waals surface area contributed by atoms with E-state index in [1.807, 2.05) is 0 Å². The minimum absolute atomic E-state index is 0.00440. The van der Waals surface area contributed by atoms with Crippen molar-refractivity contribution in [1.29, 1.82) is 0 Å². The molecule has 0 saturated heterocycles. The Morgan fingerprint density at radius 2 is 1.04 bits per heavy atom.